The van der Waals surface area contributed by atoms with E-state index in [4.69, 9.17) is 16.3 Å². The van der Waals surface area contributed by atoms with Crippen LogP contribution < -0.4 is 0 Å². The molecule has 0 aliphatic carbocycles. The predicted molar refractivity (Wildman–Crippen MR) is 63.6 cm³/mol. The van der Waals surface area contributed by atoms with Gasteiger partial charge in [0.05, 0.1) is 11.6 Å². The zero-order valence-electron chi connectivity index (χ0n) is 8.96. The van der Waals surface area contributed by atoms with E-state index in [1.165, 1.54) is 5.52 Å². The number of nitrogens with zero attached hydrogens (tertiary/aromatic N) is 1. The molecule has 0 amide bonds. The van der Waals surface area contributed by atoms with Crippen molar-refractivity contribution in [3.63, 3.8) is 0 Å². The molecule has 0 unspecified atom stereocenters. The van der Waals surface area contributed by atoms with Gasteiger partial charge < -0.3 is 9.30 Å². The summed E-state index contributed by atoms with van der Waals surface area (Å²) in [7, 11) is 1.71. The number of rotatable bonds is 3. The van der Waals surface area contributed by atoms with Crippen LogP contribution in [0.2, 0.25) is 5.02 Å². The number of benzene rings is 1. The maximum atomic E-state index is 6.23. The molecule has 2 aromatic rings. The molecule has 1 aromatic heterocycles. The van der Waals surface area contributed by atoms with Crippen LogP contribution >= 0.6 is 11.6 Å². The van der Waals surface area contributed by atoms with E-state index < -0.39 is 0 Å². The van der Waals surface area contributed by atoms with Crippen LogP contribution in [0.4, 0.5) is 0 Å². The second-order valence-electron chi connectivity index (χ2n) is 3.63. The first-order chi connectivity index (χ1) is 7.24. The number of hydrogen-bond acceptors (Lipinski definition) is 1. The van der Waals surface area contributed by atoms with Crippen molar-refractivity contribution in [1.29, 1.82) is 0 Å². The molecule has 0 atom stereocenters. The number of halogens is 1. The molecular weight excluding hydrogens is 210 g/mol. The minimum atomic E-state index is 0.718. The molecule has 1 heterocycles. The van der Waals surface area contributed by atoms with Crippen molar-refractivity contribution in [1.82, 2.24) is 4.57 Å². The summed E-state index contributed by atoms with van der Waals surface area (Å²) in [6, 6.07) is 6.21. The van der Waals surface area contributed by atoms with Crippen LogP contribution in [0.5, 0.6) is 0 Å². The zero-order valence-corrected chi connectivity index (χ0v) is 9.71. The van der Waals surface area contributed by atoms with Crippen LogP contribution in [0.15, 0.2) is 24.4 Å². The summed E-state index contributed by atoms with van der Waals surface area (Å²) in [5, 5.41) is 1.97. The molecule has 0 aliphatic rings. The molecular formula is C12H14ClNO. The standard InChI is InChI=1S/C12H14ClNO/c1-9-3-4-11-10(12(9)13)5-6-14(11)7-8-15-2/h3-6H,7-8H2,1-2H3. The summed E-state index contributed by atoms with van der Waals surface area (Å²) < 4.78 is 7.22. The molecule has 15 heavy (non-hydrogen) atoms. The van der Waals surface area contributed by atoms with Crippen molar-refractivity contribution in [2.75, 3.05) is 13.7 Å². The summed E-state index contributed by atoms with van der Waals surface area (Å²) in [6.45, 7) is 3.60. The molecule has 1 aromatic carbocycles. The monoisotopic (exact) mass is 223 g/mol. The van der Waals surface area contributed by atoms with Gasteiger partial charge in [0.1, 0.15) is 0 Å². The molecule has 2 nitrogen and oxygen atoms in total. The van der Waals surface area contributed by atoms with Crippen LogP contribution in [0, 0.1) is 6.92 Å². The molecule has 80 valence electrons. The first-order valence-corrected chi connectivity index (χ1v) is 5.34. The topological polar surface area (TPSA) is 14.2 Å². The average molecular weight is 224 g/mol. The second-order valence-corrected chi connectivity index (χ2v) is 4.01. The van der Waals surface area contributed by atoms with Crippen LogP contribution in [0.25, 0.3) is 10.9 Å². The third-order valence-electron chi connectivity index (χ3n) is 2.62. The molecule has 0 spiro atoms. The normalized spacial score (nSPS) is 11.1. The summed E-state index contributed by atoms with van der Waals surface area (Å²) >= 11 is 6.23. The molecule has 2 rings (SSSR count). The van der Waals surface area contributed by atoms with Crippen molar-refractivity contribution < 1.29 is 4.74 Å². The summed E-state index contributed by atoms with van der Waals surface area (Å²) in [6.07, 6.45) is 2.05. The van der Waals surface area contributed by atoms with Crippen molar-refractivity contribution in [3.05, 3.63) is 35.0 Å². The number of fused-ring (bicyclic) bond motifs is 1. The number of hydrogen-bond donors (Lipinski definition) is 0. The summed E-state index contributed by atoms with van der Waals surface area (Å²) in [5.74, 6) is 0. The predicted octanol–water partition coefficient (Wildman–Crippen LogP) is 3.25. The average Bonchev–Trinajstić information content (AvgIpc) is 2.64. The highest BCUT2D eigenvalue weighted by Gasteiger charge is 2.05. The Morgan fingerprint density at radius 3 is 2.87 bits per heavy atom. The molecule has 0 fully saturated rings. The van der Waals surface area contributed by atoms with Gasteiger partial charge in [0, 0.05) is 30.8 Å². The van der Waals surface area contributed by atoms with Crippen LogP contribution in [-0.4, -0.2) is 18.3 Å². The lowest BCUT2D eigenvalue weighted by Crippen LogP contribution is -2.02. The third kappa shape index (κ3) is 1.87. The molecule has 0 N–H and O–H groups in total. The van der Waals surface area contributed by atoms with Gasteiger partial charge in [0.15, 0.2) is 0 Å². The summed E-state index contributed by atoms with van der Waals surface area (Å²) in [5.41, 5.74) is 2.29. The van der Waals surface area contributed by atoms with Crippen LogP contribution in [-0.2, 0) is 11.3 Å². The SMILES string of the molecule is COCCn1ccc2c(Cl)c(C)ccc21. The molecule has 0 saturated heterocycles. The van der Waals surface area contributed by atoms with Gasteiger partial charge in [-0.2, -0.15) is 0 Å². The minimum absolute atomic E-state index is 0.718. The number of methoxy groups -OCH3 is 1. The fourth-order valence-corrected chi connectivity index (χ4v) is 1.95. The fourth-order valence-electron chi connectivity index (χ4n) is 1.73. The minimum Gasteiger partial charge on any atom is -0.383 e. The van der Waals surface area contributed by atoms with Crippen molar-refractivity contribution in [2.45, 2.75) is 13.5 Å². The van der Waals surface area contributed by atoms with Crippen LogP contribution in [0.1, 0.15) is 5.56 Å². The van der Waals surface area contributed by atoms with Crippen molar-refractivity contribution in [3.8, 4) is 0 Å². The van der Waals surface area contributed by atoms with Gasteiger partial charge in [-0.05, 0) is 24.6 Å². The lowest BCUT2D eigenvalue weighted by Gasteiger charge is -2.05. The Balaban J connectivity index is 2.47. The Morgan fingerprint density at radius 1 is 1.33 bits per heavy atom. The van der Waals surface area contributed by atoms with E-state index in [1.54, 1.807) is 7.11 Å². The Bertz CT molecular complexity index is 476. The zero-order chi connectivity index (χ0) is 10.8. The molecule has 0 radical (unpaired) electrons. The lowest BCUT2D eigenvalue weighted by molar-refractivity contribution is 0.188. The van der Waals surface area contributed by atoms with Gasteiger partial charge in [-0.15, -0.1) is 0 Å². The maximum Gasteiger partial charge on any atom is 0.0641 e. The maximum absolute atomic E-state index is 6.23. The molecule has 0 saturated carbocycles. The highest BCUT2D eigenvalue weighted by molar-refractivity contribution is 6.36. The highest BCUT2D eigenvalue weighted by atomic mass is 35.5. The van der Waals surface area contributed by atoms with Gasteiger partial charge in [0.2, 0.25) is 0 Å². The van der Waals surface area contributed by atoms with E-state index in [0.29, 0.717) is 0 Å². The number of ether oxygens (including phenoxy) is 1. The van der Waals surface area contributed by atoms with Gasteiger partial charge >= 0.3 is 0 Å². The first-order valence-electron chi connectivity index (χ1n) is 4.97. The van der Waals surface area contributed by atoms with Gasteiger partial charge in [-0.3, -0.25) is 0 Å². The lowest BCUT2D eigenvalue weighted by atomic mass is 10.2. The van der Waals surface area contributed by atoms with Crippen LogP contribution in [0.3, 0.4) is 0 Å². The fraction of sp³-hybridized carbons (Fsp3) is 0.333. The molecule has 0 bridgehead atoms. The van der Waals surface area contributed by atoms with E-state index in [-0.39, 0.29) is 0 Å². The Kier molecular flexibility index (Phi) is 2.98. The van der Waals surface area contributed by atoms with Crippen molar-refractivity contribution in [2.24, 2.45) is 0 Å². The highest BCUT2D eigenvalue weighted by Crippen LogP contribution is 2.27. The quantitative estimate of drug-likeness (QED) is 0.779. The Morgan fingerprint density at radius 2 is 2.13 bits per heavy atom. The van der Waals surface area contributed by atoms with Gasteiger partial charge in [-0.1, -0.05) is 17.7 Å². The smallest absolute Gasteiger partial charge is 0.0641 e. The second kappa shape index (κ2) is 4.25. The Hall–Kier alpha value is -0.990. The third-order valence-corrected chi connectivity index (χ3v) is 3.12. The number of aryl methyl sites for hydroxylation is 1. The van der Waals surface area contributed by atoms with E-state index >= 15 is 0 Å². The molecule has 0 aliphatic heterocycles. The van der Waals surface area contributed by atoms with E-state index in [9.17, 15) is 0 Å². The molecule has 3 heteroatoms. The first kappa shape index (κ1) is 10.5. The van der Waals surface area contributed by atoms with E-state index in [0.717, 1.165) is 29.1 Å². The van der Waals surface area contributed by atoms with Gasteiger partial charge in [0.25, 0.3) is 0 Å². The van der Waals surface area contributed by atoms with Crippen molar-refractivity contribution >= 4 is 22.5 Å². The Labute approximate surface area is 94.4 Å². The van der Waals surface area contributed by atoms with E-state index in [1.807, 2.05) is 13.0 Å². The summed E-state index contributed by atoms with van der Waals surface area (Å²) in [4.78, 5) is 0. The van der Waals surface area contributed by atoms with Gasteiger partial charge in [-0.25, -0.2) is 0 Å². The number of aromatic nitrogens is 1. The largest absolute Gasteiger partial charge is 0.383 e. The van der Waals surface area contributed by atoms with E-state index in [2.05, 4.69) is 22.9 Å².